The van der Waals surface area contributed by atoms with Crippen molar-refractivity contribution >= 4 is 0 Å². The van der Waals surface area contributed by atoms with Crippen molar-refractivity contribution in [2.24, 2.45) is 0 Å². The molecule has 0 aliphatic carbocycles. The van der Waals surface area contributed by atoms with E-state index in [0.29, 0.717) is 18.7 Å². The van der Waals surface area contributed by atoms with Crippen LogP contribution >= 0.6 is 0 Å². The van der Waals surface area contributed by atoms with E-state index in [4.69, 9.17) is 4.74 Å². The van der Waals surface area contributed by atoms with E-state index in [1.54, 1.807) is 6.07 Å². The van der Waals surface area contributed by atoms with Gasteiger partial charge in [0.25, 0.3) is 0 Å². The Morgan fingerprint density at radius 3 is 2.88 bits per heavy atom. The first-order valence-corrected chi connectivity index (χ1v) is 8.28. The van der Waals surface area contributed by atoms with Crippen LogP contribution in [0.1, 0.15) is 43.1 Å². The number of aromatic nitrogens is 3. The molecule has 1 aliphatic rings. The van der Waals surface area contributed by atoms with Crippen LogP contribution in [0, 0.1) is 18.6 Å². The molecule has 0 spiro atoms. The number of nitrogens with zero attached hydrogens (tertiary/aromatic N) is 3. The topological polar surface area (TPSA) is 52.0 Å². The van der Waals surface area contributed by atoms with Gasteiger partial charge in [-0.2, -0.15) is 0 Å². The maximum absolute atomic E-state index is 13.5. The van der Waals surface area contributed by atoms with E-state index >= 15 is 0 Å². The molecule has 1 aromatic carbocycles. The summed E-state index contributed by atoms with van der Waals surface area (Å²) in [5.41, 5.74) is 0.648. The Morgan fingerprint density at radius 1 is 1.29 bits per heavy atom. The summed E-state index contributed by atoms with van der Waals surface area (Å²) in [6.45, 7) is 6.08. The molecule has 130 valence electrons. The average Bonchev–Trinajstić information content (AvgIpc) is 3.16. The predicted octanol–water partition coefficient (Wildman–Crippen LogP) is 2.89. The van der Waals surface area contributed by atoms with Crippen LogP contribution in [0.3, 0.4) is 0 Å². The lowest BCUT2D eigenvalue weighted by Crippen LogP contribution is -2.32. The maximum Gasteiger partial charge on any atom is 0.159 e. The van der Waals surface area contributed by atoms with Crippen LogP contribution in [0.2, 0.25) is 0 Å². The number of ether oxygens (including phenoxy) is 1. The number of rotatable bonds is 6. The summed E-state index contributed by atoms with van der Waals surface area (Å²) >= 11 is 0. The van der Waals surface area contributed by atoms with E-state index in [1.165, 1.54) is 6.07 Å². The van der Waals surface area contributed by atoms with Gasteiger partial charge in [-0.15, -0.1) is 10.2 Å². The molecule has 0 saturated carbocycles. The third-order valence-corrected chi connectivity index (χ3v) is 4.35. The highest BCUT2D eigenvalue weighted by atomic mass is 19.2. The van der Waals surface area contributed by atoms with Crippen molar-refractivity contribution in [3.8, 4) is 0 Å². The Hall–Kier alpha value is -1.86. The monoisotopic (exact) mass is 336 g/mol. The van der Waals surface area contributed by atoms with Crippen LogP contribution in [0.5, 0.6) is 0 Å². The van der Waals surface area contributed by atoms with Crippen LogP contribution in [0.4, 0.5) is 8.78 Å². The van der Waals surface area contributed by atoms with Gasteiger partial charge in [-0.25, -0.2) is 8.78 Å². The third-order valence-electron chi connectivity index (χ3n) is 4.35. The zero-order chi connectivity index (χ0) is 17.1. The zero-order valence-corrected chi connectivity index (χ0v) is 13.9. The predicted molar refractivity (Wildman–Crippen MR) is 85.3 cm³/mol. The van der Waals surface area contributed by atoms with Gasteiger partial charge in [0.15, 0.2) is 11.6 Å². The van der Waals surface area contributed by atoms with Crippen molar-refractivity contribution in [1.29, 1.82) is 0 Å². The lowest BCUT2D eigenvalue weighted by molar-refractivity contribution is 0.0979. The number of halogens is 2. The summed E-state index contributed by atoms with van der Waals surface area (Å²) in [6, 6.07) is 3.96. The largest absolute Gasteiger partial charge is 0.372 e. The SMILES string of the molecule is CCCn1c(C)nnc1CNC1CCOC1c1ccc(F)c(F)c1. The lowest BCUT2D eigenvalue weighted by atomic mass is 10.0. The lowest BCUT2D eigenvalue weighted by Gasteiger charge is -2.20. The van der Waals surface area contributed by atoms with Crippen molar-refractivity contribution < 1.29 is 13.5 Å². The number of hydrogen-bond acceptors (Lipinski definition) is 4. The highest BCUT2D eigenvalue weighted by molar-refractivity contribution is 5.22. The van der Waals surface area contributed by atoms with Gasteiger partial charge in [-0.3, -0.25) is 0 Å². The van der Waals surface area contributed by atoms with Gasteiger partial charge in [0.1, 0.15) is 11.6 Å². The fourth-order valence-electron chi connectivity index (χ4n) is 3.11. The Balaban J connectivity index is 1.69. The Labute approximate surface area is 140 Å². The van der Waals surface area contributed by atoms with Crippen LogP contribution in [-0.4, -0.2) is 27.4 Å². The van der Waals surface area contributed by atoms with E-state index in [0.717, 1.165) is 37.1 Å². The second-order valence-electron chi connectivity index (χ2n) is 6.06. The second-order valence-corrected chi connectivity index (χ2v) is 6.06. The van der Waals surface area contributed by atoms with Crippen molar-refractivity contribution in [2.45, 2.75) is 51.9 Å². The number of aryl methyl sites for hydroxylation is 1. The fraction of sp³-hybridized carbons (Fsp3) is 0.529. The van der Waals surface area contributed by atoms with Gasteiger partial charge in [0.2, 0.25) is 0 Å². The van der Waals surface area contributed by atoms with E-state index in [-0.39, 0.29) is 12.1 Å². The van der Waals surface area contributed by atoms with Gasteiger partial charge < -0.3 is 14.6 Å². The van der Waals surface area contributed by atoms with E-state index in [1.807, 2.05) is 6.92 Å². The number of hydrogen-bond donors (Lipinski definition) is 1. The van der Waals surface area contributed by atoms with Crippen LogP contribution in [0.25, 0.3) is 0 Å². The normalized spacial score (nSPS) is 20.7. The molecule has 7 heteroatoms. The standard InChI is InChI=1S/C17H22F2N4O/c1-3-7-23-11(2)21-22-16(23)10-20-15-6-8-24-17(15)12-4-5-13(18)14(19)9-12/h4-5,9,15,17,20H,3,6-8,10H2,1-2H3. The molecule has 5 nitrogen and oxygen atoms in total. The molecule has 1 N–H and O–H groups in total. The summed E-state index contributed by atoms with van der Waals surface area (Å²) in [4.78, 5) is 0. The summed E-state index contributed by atoms with van der Waals surface area (Å²) in [5.74, 6) is 0.0863. The summed E-state index contributed by atoms with van der Waals surface area (Å²) in [6.07, 6.45) is 1.53. The first-order chi connectivity index (χ1) is 11.6. The van der Waals surface area contributed by atoms with Gasteiger partial charge >= 0.3 is 0 Å². The summed E-state index contributed by atoms with van der Waals surface area (Å²) in [5, 5.41) is 11.8. The van der Waals surface area contributed by atoms with Crippen molar-refractivity contribution in [3.05, 3.63) is 47.0 Å². The maximum atomic E-state index is 13.5. The van der Waals surface area contributed by atoms with Gasteiger partial charge in [0, 0.05) is 19.2 Å². The molecule has 24 heavy (non-hydrogen) atoms. The quantitative estimate of drug-likeness (QED) is 0.881. The van der Waals surface area contributed by atoms with Crippen molar-refractivity contribution in [1.82, 2.24) is 20.1 Å². The molecular formula is C17H22F2N4O. The molecule has 2 heterocycles. The highest BCUT2D eigenvalue weighted by Gasteiger charge is 2.30. The van der Waals surface area contributed by atoms with E-state index in [9.17, 15) is 8.78 Å². The Kier molecular flexibility index (Phi) is 5.20. The van der Waals surface area contributed by atoms with E-state index < -0.39 is 11.6 Å². The van der Waals surface area contributed by atoms with Crippen LogP contribution < -0.4 is 5.32 Å². The minimum absolute atomic E-state index is 0.0296. The Bertz CT molecular complexity index is 704. The Morgan fingerprint density at radius 2 is 2.12 bits per heavy atom. The molecule has 1 aromatic heterocycles. The first-order valence-electron chi connectivity index (χ1n) is 8.28. The molecule has 2 atom stereocenters. The molecular weight excluding hydrogens is 314 g/mol. The first kappa shape index (κ1) is 17.0. The average molecular weight is 336 g/mol. The molecule has 1 fully saturated rings. The molecule has 2 unspecified atom stereocenters. The minimum atomic E-state index is -0.847. The third kappa shape index (κ3) is 3.47. The molecule has 3 rings (SSSR count). The van der Waals surface area contributed by atoms with Gasteiger partial charge in [-0.05, 0) is 37.5 Å². The molecule has 1 saturated heterocycles. The molecule has 2 aromatic rings. The smallest absolute Gasteiger partial charge is 0.159 e. The molecule has 0 bridgehead atoms. The summed E-state index contributed by atoms with van der Waals surface area (Å²) < 4.78 is 34.4. The number of nitrogens with one attached hydrogen (secondary N) is 1. The molecule has 0 radical (unpaired) electrons. The molecule has 1 aliphatic heterocycles. The van der Waals surface area contributed by atoms with Crippen LogP contribution in [0.15, 0.2) is 18.2 Å². The van der Waals surface area contributed by atoms with Gasteiger partial charge in [0.05, 0.1) is 12.6 Å². The van der Waals surface area contributed by atoms with Crippen LogP contribution in [-0.2, 0) is 17.8 Å². The fourth-order valence-corrected chi connectivity index (χ4v) is 3.11. The number of benzene rings is 1. The van der Waals surface area contributed by atoms with E-state index in [2.05, 4.69) is 27.0 Å². The van der Waals surface area contributed by atoms with Crippen molar-refractivity contribution in [3.63, 3.8) is 0 Å². The minimum Gasteiger partial charge on any atom is -0.372 e. The highest BCUT2D eigenvalue weighted by Crippen LogP contribution is 2.30. The second kappa shape index (κ2) is 7.36. The van der Waals surface area contributed by atoms with Crippen molar-refractivity contribution in [2.75, 3.05) is 6.61 Å². The zero-order valence-electron chi connectivity index (χ0n) is 13.9. The van der Waals surface area contributed by atoms with Gasteiger partial charge in [-0.1, -0.05) is 13.0 Å². The summed E-state index contributed by atoms with van der Waals surface area (Å²) in [7, 11) is 0. The molecule has 0 amide bonds.